The average molecular weight is 355 g/mol. The van der Waals surface area contributed by atoms with E-state index in [1.807, 2.05) is 6.92 Å². The van der Waals surface area contributed by atoms with Gasteiger partial charge in [-0.3, -0.25) is 4.79 Å². The molecule has 0 radical (unpaired) electrons. The van der Waals surface area contributed by atoms with Crippen LogP contribution in [-0.2, 0) is 6.18 Å². The summed E-state index contributed by atoms with van der Waals surface area (Å²) in [5, 5.41) is 0.205. The summed E-state index contributed by atoms with van der Waals surface area (Å²) < 4.78 is 44.5. The van der Waals surface area contributed by atoms with Crippen LogP contribution in [-0.4, -0.2) is 17.7 Å². The summed E-state index contributed by atoms with van der Waals surface area (Å²) in [6.07, 6.45) is -3.76. The first-order chi connectivity index (χ1) is 11.3. The fourth-order valence-corrected chi connectivity index (χ4v) is 3.70. The van der Waals surface area contributed by atoms with E-state index in [9.17, 15) is 18.0 Å². The van der Waals surface area contributed by atoms with Crippen molar-refractivity contribution >= 4 is 23.4 Å². The number of anilines is 1. The summed E-state index contributed by atoms with van der Waals surface area (Å²) in [6, 6.07) is 6.76. The lowest BCUT2D eigenvalue weighted by Gasteiger charge is -2.22. The molecular weight excluding hydrogens is 339 g/mol. The number of thioether (sulfide) groups is 1. The third-order valence-electron chi connectivity index (χ3n) is 3.86. The Bertz CT molecular complexity index is 769. The molecule has 0 fully saturated rings. The van der Waals surface area contributed by atoms with E-state index in [0.29, 0.717) is 29.3 Å². The van der Waals surface area contributed by atoms with Gasteiger partial charge in [0, 0.05) is 16.7 Å². The minimum Gasteiger partial charge on any atom is -0.456 e. The van der Waals surface area contributed by atoms with E-state index < -0.39 is 17.6 Å². The van der Waals surface area contributed by atoms with Gasteiger partial charge in [-0.15, -0.1) is 11.8 Å². The molecule has 3 rings (SSSR count). The van der Waals surface area contributed by atoms with E-state index in [-0.39, 0.29) is 11.0 Å². The van der Waals surface area contributed by atoms with Crippen LogP contribution in [0, 0.1) is 6.92 Å². The van der Waals surface area contributed by atoms with Gasteiger partial charge < -0.3 is 9.32 Å². The zero-order chi connectivity index (χ0) is 17.5. The third-order valence-corrected chi connectivity index (χ3v) is 5.10. The van der Waals surface area contributed by atoms with Crippen molar-refractivity contribution in [2.45, 2.75) is 36.6 Å². The van der Waals surface area contributed by atoms with Crippen molar-refractivity contribution in [3.05, 3.63) is 47.4 Å². The van der Waals surface area contributed by atoms with Crippen molar-refractivity contribution in [1.82, 2.24) is 0 Å². The number of carbonyl (C=O) groups is 1. The SMILES string of the molecule is Cc1ccc(C(=O)N2CC[C@H](C)Sc3ccc(C(F)(F)F)cc32)o1. The topological polar surface area (TPSA) is 33.5 Å². The van der Waals surface area contributed by atoms with Gasteiger partial charge in [0.05, 0.1) is 11.3 Å². The Morgan fingerprint density at radius 2 is 2.04 bits per heavy atom. The van der Waals surface area contributed by atoms with Gasteiger partial charge in [0.15, 0.2) is 5.76 Å². The highest BCUT2D eigenvalue weighted by Crippen LogP contribution is 2.41. The number of hydrogen-bond donors (Lipinski definition) is 0. The number of carbonyl (C=O) groups excluding carboxylic acids is 1. The second-order valence-electron chi connectivity index (χ2n) is 5.76. The molecule has 1 aromatic carbocycles. The molecule has 7 heteroatoms. The van der Waals surface area contributed by atoms with Crippen LogP contribution in [0.3, 0.4) is 0 Å². The quantitative estimate of drug-likeness (QED) is 0.710. The first kappa shape index (κ1) is 17.0. The van der Waals surface area contributed by atoms with Gasteiger partial charge in [0.25, 0.3) is 5.91 Å². The number of fused-ring (bicyclic) bond motifs is 1. The van der Waals surface area contributed by atoms with Crippen molar-refractivity contribution in [2.24, 2.45) is 0 Å². The maximum atomic E-state index is 13.1. The standard InChI is InChI=1S/C17H16F3NO2S/c1-10-3-5-14(23-10)16(22)21-8-7-11(2)24-15-6-4-12(9-13(15)21)17(18,19)20/h3-6,9,11H,7-8H2,1-2H3/t11-/m0/s1. The summed E-state index contributed by atoms with van der Waals surface area (Å²) in [4.78, 5) is 14.8. The molecule has 1 aliphatic heterocycles. The number of alkyl halides is 3. The molecular formula is C17H16F3NO2S. The molecule has 2 aromatic rings. The van der Waals surface area contributed by atoms with Gasteiger partial charge in [-0.25, -0.2) is 0 Å². The molecule has 1 aromatic heterocycles. The number of nitrogens with zero attached hydrogens (tertiary/aromatic N) is 1. The van der Waals surface area contributed by atoms with E-state index in [1.165, 1.54) is 22.7 Å². The lowest BCUT2D eigenvalue weighted by molar-refractivity contribution is -0.137. The molecule has 0 spiro atoms. The number of halogens is 3. The molecule has 0 N–H and O–H groups in total. The molecule has 0 bridgehead atoms. The average Bonchev–Trinajstić information content (AvgIpc) is 2.86. The highest BCUT2D eigenvalue weighted by molar-refractivity contribution is 8.00. The molecule has 0 saturated heterocycles. The van der Waals surface area contributed by atoms with Gasteiger partial charge in [0.2, 0.25) is 0 Å². The van der Waals surface area contributed by atoms with Crippen LogP contribution in [0.25, 0.3) is 0 Å². The van der Waals surface area contributed by atoms with Gasteiger partial charge >= 0.3 is 6.18 Å². The zero-order valence-electron chi connectivity index (χ0n) is 13.2. The van der Waals surface area contributed by atoms with Crippen LogP contribution < -0.4 is 4.90 Å². The van der Waals surface area contributed by atoms with Crippen LogP contribution in [0.2, 0.25) is 0 Å². The van der Waals surface area contributed by atoms with E-state index in [1.54, 1.807) is 19.1 Å². The van der Waals surface area contributed by atoms with Gasteiger partial charge in [-0.05, 0) is 43.7 Å². The smallest absolute Gasteiger partial charge is 0.416 e. The lowest BCUT2D eigenvalue weighted by atomic mass is 10.1. The summed E-state index contributed by atoms with van der Waals surface area (Å²) in [6.45, 7) is 4.06. The van der Waals surface area contributed by atoms with Crippen molar-refractivity contribution < 1.29 is 22.4 Å². The monoisotopic (exact) mass is 355 g/mol. The lowest BCUT2D eigenvalue weighted by Crippen LogP contribution is -2.32. The predicted molar refractivity (Wildman–Crippen MR) is 86.5 cm³/mol. The minimum absolute atomic E-state index is 0.135. The minimum atomic E-state index is -4.45. The Labute approximate surface area is 141 Å². The fourth-order valence-electron chi connectivity index (χ4n) is 2.60. The molecule has 128 valence electrons. The van der Waals surface area contributed by atoms with E-state index in [2.05, 4.69) is 0 Å². The van der Waals surface area contributed by atoms with Crippen LogP contribution >= 0.6 is 11.8 Å². The van der Waals surface area contributed by atoms with E-state index >= 15 is 0 Å². The molecule has 0 saturated carbocycles. The number of amides is 1. The third kappa shape index (κ3) is 3.31. The Hall–Kier alpha value is -1.89. The summed E-state index contributed by atoms with van der Waals surface area (Å²) in [7, 11) is 0. The van der Waals surface area contributed by atoms with Crippen molar-refractivity contribution in [1.29, 1.82) is 0 Å². The first-order valence-electron chi connectivity index (χ1n) is 7.52. The normalized spacial score (nSPS) is 18.2. The van der Waals surface area contributed by atoms with Crippen LogP contribution in [0.15, 0.2) is 39.6 Å². The van der Waals surface area contributed by atoms with E-state index in [0.717, 1.165) is 12.1 Å². The molecule has 2 heterocycles. The predicted octanol–water partition coefficient (Wildman–Crippen LogP) is 5.14. The number of furan rings is 1. The maximum absolute atomic E-state index is 13.1. The molecule has 0 unspecified atom stereocenters. The molecule has 1 aliphatic rings. The number of rotatable bonds is 1. The van der Waals surface area contributed by atoms with Gasteiger partial charge in [0.1, 0.15) is 5.76 Å². The van der Waals surface area contributed by atoms with Gasteiger partial charge in [-0.2, -0.15) is 13.2 Å². The van der Waals surface area contributed by atoms with Crippen LogP contribution in [0.1, 0.15) is 35.2 Å². The van der Waals surface area contributed by atoms with Crippen LogP contribution in [0.5, 0.6) is 0 Å². The molecule has 1 atom stereocenters. The highest BCUT2D eigenvalue weighted by Gasteiger charge is 2.34. The fraction of sp³-hybridized carbons (Fsp3) is 0.353. The molecule has 24 heavy (non-hydrogen) atoms. The van der Waals surface area contributed by atoms with Crippen LogP contribution in [0.4, 0.5) is 18.9 Å². The maximum Gasteiger partial charge on any atom is 0.416 e. The second kappa shape index (κ2) is 6.20. The summed E-state index contributed by atoms with van der Waals surface area (Å²) >= 11 is 1.48. The molecule has 1 amide bonds. The second-order valence-corrected chi connectivity index (χ2v) is 7.24. The largest absolute Gasteiger partial charge is 0.456 e. The van der Waals surface area contributed by atoms with E-state index in [4.69, 9.17) is 4.42 Å². The first-order valence-corrected chi connectivity index (χ1v) is 8.40. The Kier molecular flexibility index (Phi) is 4.38. The Balaban J connectivity index is 2.06. The molecule has 0 aliphatic carbocycles. The summed E-state index contributed by atoms with van der Waals surface area (Å²) in [5.41, 5.74) is -0.469. The highest BCUT2D eigenvalue weighted by atomic mass is 32.2. The van der Waals surface area contributed by atoms with Gasteiger partial charge in [-0.1, -0.05) is 6.92 Å². The van der Waals surface area contributed by atoms with Crippen molar-refractivity contribution in [3.63, 3.8) is 0 Å². The number of aryl methyl sites for hydroxylation is 1. The Morgan fingerprint density at radius 1 is 1.29 bits per heavy atom. The number of hydrogen-bond acceptors (Lipinski definition) is 3. The molecule has 3 nitrogen and oxygen atoms in total. The van der Waals surface area contributed by atoms with Crippen molar-refractivity contribution in [3.8, 4) is 0 Å². The number of benzene rings is 1. The summed E-state index contributed by atoms with van der Waals surface area (Å²) in [5.74, 6) is 0.300. The zero-order valence-corrected chi connectivity index (χ0v) is 14.0. The van der Waals surface area contributed by atoms with Crippen molar-refractivity contribution in [2.75, 3.05) is 11.4 Å². The Morgan fingerprint density at radius 3 is 2.67 bits per heavy atom.